The first-order valence-corrected chi connectivity index (χ1v) is 18.2. The second kappa shape index (κ2) is 16.8. The van der Waals surface area contributed by atoms with Crippen molar-refractivity contribution in [3.8, 4) is 0 Å². The number of hydroxylamine groups is 2. The van der Waals surface area contributed by atoms with Crippen molar-refractivity contribution in [2.45, 2.75) is 121 Å². The molecule has 4 aliphatic rings. The van der Waals surface area contributed by atoms with Gasteiger partial charge in [0.1, 0.15) is 29.8 Å². The Morgan fingerprint density at radius 1 is 0.980 bits per heavy atom. The normalized spacial score (nSPS) is 27.9. The SMILES string of the molecule is CCCCCC1(CCCCC)O[C@@H]2[C@H]3ON(Cc4ccc(C=CC(=O)N(C)C)cc4)[C@H]4C(=O)OC(CC34C(=O)NCCC(=O)NCCO)[C@@H]2O1. The monoisotopic (exact) mass is 698 g/mol. The van der Waals surface area contributed by atoms with Gasteiger partial charge in [-0.15, -0.1) is 0 Å². The van der Waals surface area contributed by atoms with Gasteiger partial charge in [-0.2, -0.15) is 5.06 Å². The smallest absolute Gasteiger partial charge is 0.327 e. The second-order valence-electron chi connectivity index (χ2n) is 14.1. The van der Waals surface area contributed by atoms with E-state index in [-0.39, 0.29) is 50.9 Å². The van der Waals surface area contributed by atoms with E-state index in [1.807, 2.05) is 24.3 Å². The van der Waals surface area contributed by atoms with E-state index in [9.17, 15) is 19.2 Å². The summed E-state index contributed by atoms with van der Waals surface area (Å²) in [7, 11) is 3.38. The van der Waals surface area contributed by atoms with Gasteiger partial charge in [0, 0.05) is 58.9 Å². The number of rotatable bonds is 18. The first-order valence-electron chi connectivity index (χ1n) is 18.2. The summed E-state index contributed by atoms with van der Waals surface area (Å²) in [6.07, 6.45) is 8.07. The first-order chi connectivity index (χ1) is 24.1. The van der Waals surface area contributed by atoms with Crippen molar-refractivity contribution >= 4 is 29.8 Å². The van der Waals surface area contributed by atoms with Gasteiger partial charge in [0.05, 0.1) is 13.2 Å². The third-order valence-corrected chi connectivity index (χ3v) is 10.2. The van der Waals surface area contributed by atoms with Gasteiger partial charge in [-0.3, -0.25) is 24.0 Å². The average Bonchev–Trinajstić information content (AvgIpc) is 3.65. The van der Waals surface area contributed by atoms with Gasteiger partial charge < -0.3 is 34.9 Å². The van der Waals surface area contributed by atoms with Crippen LogP contribution in [-0.2, 0) is 44.8 Å². The summed E-state index contributed by atoms with van der Waals surface area (Å²) < 4.78 is 19.8. The van der Waals surface area contributed by atoms with Crippen LogP contribution in [0.25, 0.3) is 6.08 Å². The number of benzene rings is 1. The van der Waals surface area contributed by atoms with Gasteiger partial charge in [0.25, 0.3) is 0 Å². The number of fused-ring (bicyclic) bond motifs is 4. The van der Waals surface area contributed by atoms with E-state index in [2.05, 4.69) is 24.5 Å². The van der Waals surface area contributed by atoms with Gasteiger partial charge in [0.2, 0.25) is 17.7 Å². The van der Waals surface area contributed by atoms with Gasteiger partial charge in [-0.25, -0.2) is 0 Å². The van der Waals surface area contributed by atoms with E-state index in [1.54, 1.807) is 25.2 Å². The number of esters is 1. The summed E-state index contributed by atoms with van der Waals surface area (Å²) in [6, 6.07) is 6.49. The highest BCUT2D eigenvalue weighted by Gasteiger charge is 2.76. The standard InChI is InChI=1S/C37H54N4O9/c1-5-7-9-18-36(19-10-8-6-2)48-30-27-23-37(35(46)39-20-17-28(43)38-21-22-42)32(34(45)47-27)41(50-33(37)31(30)49-36)24-26-13-11-25(12-14-26)15-16-29(44)40(3)4/h11-16,27,30-33,42H,5-10,17-24H2,1-4H3,(H,38,43)(H,39,46)/t27?,30-,31-,32-,33+,37?/m0/s1. The molecule has 13 heteroatoms. The van der Waals surface area contributed by atoms with Crippen LogP contribution in [0.5, 0.6) is 0 Å². The molecule has 4 fully saturated rings. The van der Waals surface area contributed by atoms with Crippen LogP contribution in [0.2, 0.25) is 0 Å². The third kappa shape index (κ3) is 8.07. The molecule has 276 valence electrons. The number of carbonyl (C=O) groups is 4. The summed E-state index contributed by atoms with van der Waals surface area (Å²) in [5.41, 5.74) is 0.324. The zero-order chi connectivity index (χ0) is 35.9. The molecule has 0 spiro atoms. The van der Waals surface area contributed by atoms with Crippen LogP contribution in [-0.4, -0.2) is 109 Å². The number of aliphatic hydroxyl groups is 1. The molecule has 1 aromatic carbocycles. The Morgan fingerprint density at radius 2 is 1.66 bits per heavy atom. The van der Waals surface area contributed by atoms with E-state index < -0.39 is 53.5 Å². The van der Waals surface area contributed by atoms with Gasteiger partial charge in [-0.1, -0.05) is 63.8 Å². The largest absolute Gasteiger partial charge is 0.458 e. The minimum Gasteiger partial charge on any atom is -0.458 e. The quantitative estimate of drug-likeness (QED) is 0.118. The van der Waals surface area contributed by atoms with Crippen molar-refractivity contribution in [1.82, 2.24) is 20.6 Å². The lowest BCUT2D eigenvalue weighted by molar-refractivity contribution is -0.224. The Morgan fingerprint density at radius 3 is 2.30 bits per heavy atom. The van der Waals surface area contributed by atoms with Crippen molar-refractivity contribution in [1.29, 1.82) is 0 Å². The average molecular weight is 699 g/mol. The third-order valence-electron chi connectivity index (χ3n) is 10.2. The molecule has 3 heterocycles. The van der Waals surface area contributed by atoms with Crippen LogP contribution in [0.1, 0.15) is 89.2 Å². The molecule has 0 radical (unpaired) electrons. The Bertz CT molecular complexity index is 1380. The molecule has 13 nitrogen and oxygen atoms in total. The zero-order valence-corrected chi connectivity index (χ0v) is 29.9. The lowest BCUT2D eigenvalue weighted by Crippen LogP contribution is -2.69. The molecule has 2 unspecified atom stereocenters. The Labute approximate surface area is 294 Å². The fourth-order valence-corrected chi connectivity index (χ4v) is 7.67. The predicted octanol–water partition coefficient (Wildman–Crippen LogP) is 2.84. The number of aliphatic hydroxyl groups excluding tert-OH is 1. The predicted molar refractivity (Wildman–Crippen MR) is 184 cm³/mol. The molecule has 50 heavy (non-hydrogen) atoms. The number of unbranched alkanes of at least 4 members (excludes halogenated alkanes) is 4. The van der Waals surface area contributed by atoms with Crippen LogP contribution in [0.15, 0.2) is 30.3 Å². The van der Waals surface area contributed by atoms with Crippen molar-refractivity contribution < 1.29 is 43.3 Å². The molecular formula is C37H54N4O9. The number of nitrogens with zero attached hydrogens (tertiary/aromatic N) is 2. The summed E-state index contributed by atoms with van der Waals surface area (Å²) in [5.74, 6) is -2.24. The number of amides is 3. The molecule has 2 bridgehead atoms. The minimum atomic E-state index is -1.34. The fraction of sp³-hybridized carbons (Fsp3) is 0.676. The minimum absolute atomic E-state index is 0.0141. The zero-order valence-electron chi connectivity index (χ0n) is 29.9. The van der Waals surface area contributed by atoms with Crippen LogP contribution < -0.4 is 10.6 Å². The molecule has 3 saturated heterocycles. The van der Waals surface area contributed by atoms with Gasteiger partial charge in [0.15, 0.2) is 11.8 Å². The lowest BCUT2D eigenvalue weighted by Gasteiger charge is -2.48. The van der Waals surface area contributed by atoms with Crippen LogP contribution in [0.3, 0.4) is 0 Å². The number of hydrogen-bond donors (Lipinski definition) is 3. The van der Waals surface area contributed by atoms with Crippen molar-refractivity contribution in [2.24, 2.45) is 5.41 Å². The van der Waals surface area contributed by atoms with Crippen molar-refractivity contribution in [2.75, 3.05) is 33.8 Å². The molecular weight excluding hydrogens is 644 g/mol. The summed E-state index contributed by atoms with van der Waals surface area (Å²) in [4.78, 5) is 60.8. The van der Waals surface area contributed by atoms with Crippen LogP contribution >= 0.6 is 0 Å². The lowest BCUT2D eigenvalue weighted by atomic mass is 9.62. The number of nitrogens with one attached hydrogen (secondary N) is 2. The number of likely N-dealkylation sites (N-methyl/N-ethyl adjacent to an activating group) is 1. The van der Waals surface area contributed by atoms with E-state index in [4.69, 9.17) is 24.2 Å². The number of carbonyl (C=O) groups excluding carboxylic acids is 4. The molecule has 0 aromatic heterocycles. The Hall–Kier alpha value is -3.36. The van der Waals surface area contributed by atoms with Gasteiger partial charge >= 0.3 is 5.97 Å². The topological polar surface area (TPSA) is 156 Å². The summed E-state index contributed by atoms with van der Waals surface area (Å²) in [5, 5.41) is 16.1. The highest BCUT2D eigenvalue weighted by Crippen LogP contribution is 2.58. The molecule has 3 N–H and O–H groups in total. The van der Waals surface area contributed by atoms with Crippen molar-refractivity contribution in [3.05, 3.63) is 41.5 Å². The maximum atomic E-state index is 14.4. The second-order valence-corrected chi connectivity index (χ2v) is 14.1. The number of hydrogen-bond acceptors (Lipinski definition) is 10. The molecule has 1 aromatic rings. The maximum absolute atomic E-state index is 14.4. The number of ether oxygens (including phenoxy) is 3. The highest BCUT2D eigenvalue weighted by molar-refractivity contribution is 5.94. The molecule has 1 aliphatic carbocycles. The Balaban J connectivity index is 1.43. The Kier molecular flexibility index (Phi) is 12.7. The van der Waals surface area contributed by atoms with E-state index in [0.717, 1.165) is 49.7 Å². The molecule has 6 atom stereocenters. The highest BCUT2D eigenvalue weighted by atomic mass is 16.8. The molecule has 3 amide bonds. The first kappa shape index (κ1) is 37.9. The summed E-state index contributed by atoms with van der Waals surface area (Å²) >= 11 is 0. The molecule has 1 saturated carbocycles. The van der Waals surface area contributed by atoms with Gasteiger partial charge in [-0.05, 0) is 30.0 Å². The van der Waals surface area contributed by atoms with E-state index in [1.165, 1.54) is 11.0 Å². The summed E-state index contributed by atoms with van der Waals surface area (Å²) in [6.45, 7) is 4.49. The van der Waals surface area contributed by atoms with Crippen molar-refractivity contribution in [3.63, 3.8) is 0 Å². The fourth-order valence-electron chi connectivity index (χ4n) is 7.67. The molecule has 5 rings (SSSR count). The molecule has 3 aliphatic heterocycles. The van der Waals surface area contributed by atoms with Crippen LogP contribution in [0.4, 0.5) is 0 Å². The van der Waals surface area contributed by atoms with E-state index >= 15 is 0 Å². The van der Waals surface area contributed by atoms with E-state index in [0.29, 0.717) is 12.8 Å². The van der Waals surface area contributed by atoms with Crippen LogP contribution in [0, 0.1) is 5.41 Å². The maximum Gasteiger partial charge on any atom is 0.327 e.